The number of nitrogens with zero attached hydrogens (tertiary/aromatic N) is 1. The number of unbranched alkanes of at least 4 members (excludes halogenated alkanes) is 5. The largest absolute Gasteiger partial charge is 0.389 e. The lowest BCUT2D eigenvalue weighted by atomic mass is 10.1. The van der Waals surface area contributed by atoms with Gasteiger partial charge in [-0.05, 0) is 25.8 Å². The van der Waals surface area contributed by atoms with Gasteiger partial charge in [-0.15, -0.1) is 11.3 Å². The molecule has 0 aromatic carbocycles. The highest BCUT2D eigenvalue weighted by molar-refractivity contribution is 7.18. The third kappa shape index (κ3) is 4.06. The highest BCUT2D eigenvalue weighted by atomic mass is 32.1. The highest BCUT2D eigenvalue weighted by Crippen LogP contribution is 2.26. The van der Waals surface area contributed by atoms with Crippen molar-refractivity contribution in [3.63, 3.8) is 0 Å². The van der Waals surface area contributed by atoms with E-state index in [-0.39, 0.29) is 5.63 Å². The van der Waals surface area contributed by atoms with Gasteiger partial charge >= 0.3 is 5.63 Å². The summed E-state index contributed by atoms with van der Waals surface area (Å²) in [6.45, 7) is 6.97. The average Bonchev–Trinajstić information content (AvgIpc) is 2.73. The van der Waals surface area contributed by atoms with Gasteiger partial charge in [0, 0.05) is 11.4 Å². The molecule has 2 aromatic heterocycles. The number of rotatable bonds is 8. The first-order valence-electron chi connectivity index (χ1n) is 7.78. The van der Waals surface area contributed by atoms with Crippen LogP contribution >= 0.6 is 11.3 Å². The molecule has 0 unspecified atom stereocenters. The van der Waals surface area contributed by atoms with Crippen LogP contribution in [0.5, 0.6) is 0 Å². The van der Waals surface area contributed by atoms with Crippen molar-refractivity contribution in [2.45, 2.75) is 59.3 Å². The van der Waals surface area contributed by atoms with Crippen molar-refractivity contribution < 1.29 is 4.42 Å². The lowest BCUT2D eigenvalue weighted by molar-refractivity contribution is 0.514. The minimum absolute atomic E-state index is 0.285. The molecule has 0 aliphatic rings. The molecule has 5 heteroatoms. The van der Waals surface area contributed by atoms with Crippen LogP contribution in [0.15, 0.2) is 9.21 Å². The predicted octanol–water partition coefficient (Wildman–Crippen LogP) is 4.64. The number of nitrogens with one attached hydrogen (secondary N) is 1. The zero-order valence-electron chi connectivity index (χ0n) is 13.1. The fraction of sp³-hybridized carbons (Fsp3) is 0.625. The molecule has 4 nitrogen and oxygen atoms in total. The van der Waals surface area contributed by atoms with Crippen LogP contribution in [0.1, 0.15) is 55.9 Å². The van der Waals surface area contributed by atoms with Crippen molar-refractivity contribution in [3.05, 3.63) is 20.9 Å². The van der Waals surface area contributed by atoms with Crippen LogP contribution in [0, 0.1) is 13.8 Å². The first-order valence-corrected chi connectivity index (χ1v) is 8.59. The van der Waals surface area contributed by atoms with E-state index in [1.54, 1.807) is 11.3 Å². The van der Waals surface area contributed by atoms with E-state index in [0.717, 1.165) is 28.2 Å². The van der Waals surface area contributed by atoms with Gasteiger partial charge < -0.3 is 9.73 Å². The second-order valence-electron chi connectivity index (χ2n) is 5.46. The zero-order chi connectivity index (χ0) is 15.2. The highest BCUT2D eigenvalue weighted by Gasteiger charge is 2.13. The van der Waals surface area contributed by atoms with Crippen molar-refractivity contribution in [3.8, 4) is 0 Å². The van der Waals surface area contributed by atoms with E-state index >= 15 is 0 Å². The molecular formula is C16H24N2O2S. The van der Waals surface area contributed by atoms with Gasteiger partial charge in [0.05, 0.1) is 0 Å². The average molecular weight is 308 g/mol. The van der Waals surface area contributed by atoms with Crippen LogP contribution in [-0.4, -0.2) is 11.5 Å². The maximum absolute atomic E-state index is 12.0. The zero-order valence-corrected chi connectivity index (χ0v) is 13.9. The number of thiophene rings is 1. The molecule has 0 amide bonds. The summed E-state index contributed by atoms with van der Waals surface area (Å²) in [5, 5.41) is 3.75. The molecule has 0 aliphatic heterocycles. The summed E-state index contributed by atoms with van der Waals surface area (Å²) < 4.78 is 5.26. The molecule has 0 spiro atoms. The second-order valence-corrected chi connectivity index (χ2v) is 6.67. The normalized spacial score (nSPS) is 11.2. The topological polar surface area (TPSA) is 55.1 Å². The molecule has 0 radical (unpaired) electrons. The monoisotopic (exact) mass is 308 g/mol. The van der Waals surface area contributed by atoms with Crippen molar-refractivity contribution in [1.82, 2.24) is 4.98 Å². The van der Waals surface area contributed by atoms with Gasteiger partial charge in [-0.25, -0.2) is 4.79 Å². The lowest BCUT2D eigenvalue weighted by Crippen LogP contribution is -2.08. The fourth-order valence-corrected chi connectivity index (χ4v) is 3.37. The van der Waals surface area contributed by atoms with Gasteiger partial charge in [0.1, 0.15) is 10.2 Å². The van der Waals surface area contributed by atoms with E-state index in [9.17, 15) is 4.79 Å². The van der Waals surface area contributed by atoms with Crippen LogP contribution in [0.2, 0.25) is 0 Å². The van der Waals surface area contributed by atoms with Gasteiger partial charge in [-0.3, -0.25) is 0 Å². The summed E-state index contributed by atoms with van der Waals surface area (Å²) >= 11 is 1.55. The fourth-order valence-electron chi connectivity index (χ4n) is 2.36. The van der Waals surface area contributed by atoms with Gasteiger partial charge in [-0.2, -0.15) is 4.98 Å². The van der Waals surface area contributed by atoms with Crippen LogP contribution in [0.4, 0.5) is 6.01 Å². The van der Waals surface area contributed by atoms with Crippen LogP contribution in [0.3, 0.4) is 0 Å². The molecule has 0 saturated carbocycles. The number of aromatic nitrogens is 1. The van der Waals surface area contributed by atoms with Crippen molar-refractivity contribution in [1.29, 1.82) is 0 Å². The lowest BCUT2D eigenvalue weighted by Gasteiger charge is -2.04. The SMILES string of the molecule is CCCCCCCCNc1nc2sc(C)c(C)c2c(=O)o1. The Morgan fingerprint density at radius 1 is 1.14 bits per heavy atom. The Labute approximate surface area is 129 Å². The molecule has 0 atom stereocenters. The molecule has 0 bridgehead atoms. The van der Waals surface area contributed by atoms with E-state index in [4.69, 9.17) is 4.42 Å². The van der Waals surface area contributed by atoms with Crippen LogP contribution in [-0.2, 0) is 0 Å². The summed E-state index contributed by atoms with van der Waals surface area (Å²) in [6, 6.07) is 0.349. The van der Waals surface area contributed by atoms with E-state index < -0.39 is 0 Å². The maximum atomic E-state index is 12.0. The van der Waals surface area contributed by atoms with Gasteiger partial charge in [-0.1, -0.05) is 39.0 Å². The van der Waals surface area contributed by atoms with E-state index in [2.05, 4.69) is 17.2 Å². The predicted molar refractivity (Wildman–Crippen MR) is 89.5 cm³/mol. The first kappa shape index (κ1) is 16.0. The summed E-state index contributed by atoms with van der Waals surface area (Å²) in [4.78, 5) is 18.3. The second kappa shape index (κ2) is 7.59. The van der Waals surface area contributed by atoms with Crippen LogP contribution in [0.25, 0.3) is 10.2 Å². The maximum Gasteiger partial charge on any atom is 0.349 e. The first-order chi connectivity index (χ1) is 10.1. The minimum atomic E-state index is -0.285. The Morgan fingerprint density at radius 2 is 1.86 bits per heavy atom. The van der Waals surface area contributed by atoms with Gasteiger partial charge in [0.15, 0.2) is 0 Å². The van der Waals surface area contributed by atoms with Crippen molar-refractivity contribution in [2.24, 2.45) is 0 Å². The van der Waals surface area contributed by atoms with Crippen molar-refractivity contribution in [2.75, 3.05) is 11.9 Å². The standard InChI is InChI=1S/C16H24N2O2S/c1-4-5-6-7-8-9-10-17-16-18-14-13(15(19)20-16)11(2)12(3)21-14/h4-10H2,1-3H3,(H,17,18). The Balaban J connectivity index is 1.90. The molecular weight excluding hydrogens is 284 g/mol. The molecule has 21 heavy (non-hydrogen) atoms. The summed E-state index contributed by atoms with van der Waals surface area (Å²) in [7, 11) is 0. The Bertz CT molecular complexity index is 645. The van der Waals surface area contributed by atoms with Crippen LogP contribution < -0.4 is 10.9 Å². The number of hydrogen-bond donors (Lipinski definition) is 1. The Hall–Kier alpha value is -1.36. The molecule has 2 heterocycles. The summed E-state index contributed by atoms with van der Waals surface area (Å²) in [5.74, 6) is 0. The quantitative estimate of drug-likeness (QED) is 0.722. The third-order valence-corrected chi connectivity index (χ3v) is 4.87. The molecule has 2 rings (SSSR count). The molecule has 1 N–H and O–H groups in total. The molecule has 0 saturated heterocycles. The van der Waals surface area contributed by atoms with E-state index in [1.807, 2.05) is 13.8 Å². The third-order valence-electron chi connectivity index (χ3n) is 3.77. The molecule has 0 fully saturated rings. The number of anilines is 1. The van der Waals surface area contributed by atoms with Gasteiger partial charge in [0.25, 0.3) is 6.01 Å². The number of fused-ring (bicyclic) bond motifs is 1. The van der Waals surface area contributed by atoms with Gasteiger partial charge in [0.2, 0.25) is 0 Å². The van der Waals surface area contributed by atoms with E-state index in [0.29, 0.717) is 11.4 Å². The summed E-state index contributed by atoms with van der Waals surface area (Å²) in [6.07, 6.45) is 7.45. The smallest absolute Gasteiger partial charge is 0.349 e. The number of aryl methyl sites for hydroxylation is 2. The number of hydrogen-bond acceptors (Lipinski definition) is 5. The minimum Gasteiger partial charge on any atom is -0.389 e. The Kier molecular flexibility index (Phi) is 5.79. The Morgan fingerprint density at radius 3 is 2.62 bits per heavy atom. The summed E-state index contributed by atoms with van der Waals surface area (Å²) in [5.41, 5.74) is 0.700. The van der Waals surface area contributed by atoms with Crippen molar-refractivity contribution >= 4 is 27.6 Å². The molecule has 2 aromatic rings. The molecule has 0 aliphatic carbocycles. The van der Waals surface area contributed by atoms with E-state index in [1.165, 1.54) is 32.1 Å². The molecule has 116 valence electrons.